The van der Waals surface area contributed by atoms with Gasteiger partial charge in [0.05, 0.1) is 0 Å². The van der Waals surface area contributed by atoms with Crippen molar-refractivity contribution in [1.82, 2.24) is 0 Å². The highest BCUT2D eigenvalue weighted by molar-refractivity contribution is 5.37. The normalized spacial score (nSPS) is 21.8. The van der Waals surface area contributed by atoms with Crippen molar-refractivity contribution in [2.45, 2.75) is 121 Å². The molecule has 2 aliphatic rings. The first kappa shape index (κ1) is 33.6. The maximum Gasteiger partial charge on any atom is -0.0104 e. The zero-order valence-corrected chi connectivity index (χ0v) is 27.6. The van der Waals surface area contributed by atoms with E-state index in [1.807, 2.05) is 0 Å². The minimum absolute atomic E-state index is 0.294. The molecule has 0 saturated heterocycles. The highest BCUT2D eigenvalue weighted by Crippen LogP contribution is 2.43. The van der Waals surface area contributed by atoms with Crippen LogP contribution in [0, 0.1) is 10.8 Å². The summed E-state index contributed by atoms with van der Waals surface area (Å²) in [6.07, 6.45) is 36.5. The molecule has 218 valence electrons. The molecule has 0 atom stereocenters. The third-order valence-corrected chi connectivity index (χ3v) is 8.80. The van der Waals surface area contributed by atoms with Crippen LogP contribution in [-0.4, -0.2) is 0 Å². The lowest BCUT2D eigenvalue weighted by Crippen LogP contribution is -2.20. The quantitative estimate of drug-likeness (QED) is 0.181. The third kappa shape index (κ3) is 11.5. The fourth-order valence-electron chi connectivity index (χ4n) is 6.15. The molecule has 0 nitrogen and oxygen atoms in total. The first-order chi connectivity index (χ1) is 18.8. The summed E-state index contributed by atoms with van der Waals surface area (Å²) in [4.78, 5) is 0. The van der Waals surface area contributed by atoms with Gasteiger partial charge < -0.3 is 0 Å². The van der Waals surface area contributed by atoms with E-state index in [1.54, 1.807) is 16.7 Å². The molecule has 0 radical (unpaired) electrons. The molecule has 2 aliphatic carbocycles. The Labute approximate surface area is 248 Å². The zero-order valence-electron chi connectivity index (χ0n) is 27.6. The molecule has 0 unspecified atom stereocenters. The van der Waals surface area contributed by atoms with Crippen LogP contribution < -0.4 is 0 Å². The largest absolute Gasteiger partial charge is 0.0736 e. The minimum Gasteiger partial charge on any atom is -0.0736 e. The summed E-state index contributed by atoms with van der Waals surface area (Å²) < 4.78 is 0. The van der Waals surface area contributed by atoms with E-state index in [1.165, 1.54) is 72.8 Å². The third-order valence-electron chi connectivity index (χ3n) is 8.80. The van der Waals surface area contributed by atoms with Gasteiger partial charge in [0.25, 0.3) is 0 Å². The molecule has 0 aromatic heterocycles. The molecule has 0 saturated carbocycles. The van der Waals surface area contributed by atoms with Crippen LogP contribution in [0.3, 0.4) is 0 Å². The number of allylic oxidation sites excluding steroid dienone is 20. The van der Waals surface area contributed by atoms with Crippen LogP contribution >= 0.6 is 0 Å². The number of hydrogen-bond acceptors (Lipinski definition) is 0. The van der Waals surface area contributed by atoms with Crippen molar-refractivity contribution in [2.75, 3.05) is 0 Å². The standard InChI is InChI=1S/C40H58/c1-31(19-13-21-33(3)25-27-37-35(5)23-15-29-39(37,7)8)17-11-12-18-32(2)20-14-22-34(4)26-28-38-36(6)24-16-30-40(38,9)10/h11-14,17-22,25,27H,15-16,23-24,26,28-30H2,1-10H3/b12-11-,19-13+,20-14+,27-25+,31-17+,32-18-,33-21+,34-22+. The molecule has 0 N–H and O–H groups in total. The molecule has 0 amide bonds. The van der Waals surface area contributed by atoms with Crippen LogP contribution in [0.1, 0.15) is 121 Å². The molecule has 40 heavy (non-hydrogen) atoms. The Balaban J connectivity index is 1.84. The zero-order chi connectivity index (χ0) is 29.8. The van der Waals surface area contributed by atoms with E-state index >= 15 is 0 Å². The molecule has 0 aromatic rings. The van der Waals surface area contributed by atoms with Crippen LogP contribution in [0.2, 0.25) is 0 Å². The van der Waals surface area contributed by atoms with Crippen LogP contribution in [0.5, 0.6) is 0 Å². The maximum absolute atomic E-state index is 2.42. The summed E-state index contributed by atoms with van der Waals surface area (Å²) in [7, 11) is 0. The molecule has 0 heteroatoms. The molecule has 2 rings (SSSR count). The van der Waals surface area contributed by atoms with E-state index in [-0.39, 0.29) is 0 Å². The van der Waals surface area contributed by atoms with Crippen molar-refractivity contribution < 1.29 is 0 Å². The fourth-order valence-corrected chi connectivity index (χ4v) is 6.15. The Kier molecular flexibility index (Phi) is 13.4. The van der Waals surface area contributed by atoms with Crippen molar-refractivity contribution in [3.63, 3.8) is 0 Å². The second-order valence-corrected chi connectivity index (χ2v) is 13.6. The molecule has 0 heterocycles. The second-order valence-electron chi connectivity index (χ2n) is 13.6. The lowest BCUT2D eigenvalue weighted by molar-refractivity contribution is 0.354. The van der Waals surface area contributed by atoms with Gasteiger partial charge in [-0.3, -0.25) is 0 Å². The Morgan fingerprint density at radius 2 is 1.12 bits per heavy atom. The SMILES string of the molecule is CC1=C(/C=C/C(C)=C/C=C/C(C)=C/C=C\C=C(C)/C=C/C=C(\C)CCC2=C(C)CCCC2(C)C)C(C)(C)CCC1. The Morgan fingerprint density at radius 1 is 0.625 bits per heavy atom. The van der Waals surface area contributed by atoms with Crippen molar-refractivity contribution in [3.8, 4) is 0 Å². The average Bonchev–Trinajstić information content (AvgIpc) is 2.85. The van der Waals surface area contributed by atoms with Crippen molar-refractivity contribution >= 4 is 0 Å². The van der Waals surface area contributed by atoms with E-state index < -0.39 is 0 Å². The second kappa shape index (κ2) is 16.0. The highest BCUT2D eigenvalue weighted by atomic mass is 14.3. The van der Waals surface area contributed by atoms with Gasteiger partial charge in [-0.25, -0.2) is 0 Å². The van der Waals surface area contributed by atoms with Crippen LogP contribution in [0.4, 0.5) is 0 Å². The molecular weight excluding hydrogens is 480 g/mol. The predicted molar refractivity (Wildman–Crippen MR) is 181 cm³/mol. The molecule has 0 spiro atoms. The number of rotatable bonds is 11. The van der Waals surface area contributed by atoms with Gasteiger partial charge in [-0.2, -0.15) is 0 Å². The summed E-state index contributed by atoms with van der Waals surface area (Å²) in [5, 5.41) is 0. The Hall–Kier alpha value is -2.60. The Bertz CT molecular complexity index is 1170. The monoisotopic (exact) mass is 538 g/mol. The van der Waals surface area contributed by atoms with E-state index in [4.69, 9.17) is 0 Å². The summed E-state index contributed by atoms with van der Waals surface area (Å²) in [6, 6.07) is 0. The Morgan fingerprint density at radius 3 is 1.70 bits per heavy atom. The summed E-state index contributed by atoms with van der Waals surface area (Å²) in [5.41, 5.74) is 12.3. The van der Waals surface area contributed by atoms with Crippen LogP contribution in [0.25, 0.3) is 0 Å². The van der Waals surface area contributed by atoms with E-state index in [0.29, 0.717) is 10.8 Å². The lowest BCUT2D eigenvalue weighted by Gasteiger charge is -2.34. The van der Waals surface area contributed by atoms with Gasteiger partial charge >= 0.3 is 0 Å². The predicted octanol–water partition coefficient (Wildman–Crippen LogP) is 12.8. The van der Waals surface area contributed by atoms with Gasteiger partial charge in [-0.05, 0) is 109 Å². The van der Waals surface area contributed by atoms with E-state index in [0.717, 1.165) is 6.42 Å². The van der Waals surface area contributed by atoms with Crippen molar-refractivity contribution in [1.29, 1.82) is 0 Å². The fraction of sp³-hybridized carbons (Fsp3) is 0.500. The molecule has 0 fully saturated rings. The van der Waals surface area contributed by atoms with Gasteiger partial charge in [0.2, 0.25) is 0 Å². The smallest absolute Gasteiger partial charge is 0.0104 e. The van der Waals surface area contributed by atoms with Crippen LogP contribution in [0.15, 0.2) is 117 Å². The average molecular weight is 539 g/mol. The first-order valence-electron chi connectivity index (χ1n) is 15.6. The van der Waals surface area contributed by atoms with Crippen LogP contribution in [-0.2, 0) is 0 Å². The molecular formula is C40H58. The summed E-state index contributed by atoms with van der Waals surface area (Å²) in [5.74, 6) is 0. The van der Waals surface area contributed by atoms with E-state index in [9.17, 15) is 0 Å². The van der Waals surface area contributed by atoms with E-state index in [2.05, 4.69) is 142 Å². The summed E-state index contributed by atoms with van der Waals surface area (Å²) in [6.45, 7) is 23.0. The molecule has 0 bridgehead atoms. The van der Waals surface area contributed by atoms with Gasteiger partial charge in [0.15, 0.2) is 0 Å². The highest BCUT2D eigenvalue weighted by Gasteiger charge is 2.28. The lowest BCUT2D eigenvalue weighted by atomic mass is 9.71. The minimum atomic E-state index is 0.294. The maximum atomic E-state index is 2.42. The van der Waals surface area contributed by atoms with Crippen molar-refractivity contribution in [2.24, 2.45) is 10.8 Å². The van der Waals surface area contributed by atoms with Gasteiger partial charge in [0.1, 0.15) is 0 Å². The van der Waals surface area contributed by atoms with Gasteiger partial charge in [-0.1, -0.05) is 140 Å². The molecule has 0 aliphatic heterocycles. The summed E-state index contributed by atoms with van der Waals surface area (Å²) >= 11 is 0. The topological polar surface area (TPSA) is 0 Å². The number of hydrogen-bond donors (Lipinski definition) is 0. The molecule has 0 aromatic carbocycles. The first-order valence-corrected chi connectivity index (χ1v) is 15.6. The van der Waals surface area contributed by atoms with Crippen molar-refractivity contribution in [3.05, 3.63) is 117 Å². The van der Waals surface area contributed by atoms with Gasteiger partial charge in [-0.15, -0.1) is 0 Å². The van der Waals surface area contributed by atoms with Gasteiger partial charge in [0, 0.05) is 0 Å².